The highest BCUT2D eigenvalue weighted by Gasteiger charge is 2.24. The number of nitrogens with one attached hydrogen (secondary N) is 1. The van der Waals surface area contributed by atoms with E-state index in [9.17, 15) is 4.79 Å². The van der Waals surface area contributed by atoms with Crippen molar-refractivity contribution in [3.05, 3.63) is 80.8 Å². The first-order valence-electron chi connectivity index (χ1n) is 13.6. The molecule has 1 aliphatic heterocycles. The molecule has 3 heterocycles. The first-order chi connectivity index (χ1) is 19.2. The zero-order chi connectivity index (χ0) is 28.4. The lowest BCUT2D eigenvalue weighted by Crippen LogP contribution is -2.47. The van der Waals surface area contributed by atoms with E-state index in [1.165, 1.54) is 0 Å². The van der Waals surface area contributed by atoms with Crippen LogP contribution in [0.4, 0.5) is 5.82 Å². The van der Waals surface area contributed by atoms with Crippen LogP contribution in [-0.4, -0.2) is 82.0 Å². The predicted molar refractivity (Wildman–Crippen MR) is 162 cm³/mol. The maximum Gasteiger partial charge on any atom is 0.253 e. The number of hydrogen-bond acceptors (Lipinski definition) is 6. The molecule has 0 unspecified atom stereocenters. The third kappa shape index (κ3) is 6.40. The Labute approximate surface area is 245 Å². The van der Waals surface area contributed by atoms with Crippen LogP contribution in [0.5, 0.6) is 0 Å². The second kappa shape index (κ2) is 12.1. The molecule has 10 heteroatoms. The highest BCUT2D eigenvalue weighted by molar-refractivity contribution is 6.42. The molecule has 210 valence electrons. The Morgan fingerprint density at radius 2 is 1.73 bits per heavy atom. The number of halogens is 2. The Balaban J connectivity index is 1.26. The number of likely N-dealkylation sites (N-methyl/N-ethyl adjacent to an activating group) is 1. The number of carbonyl (C=O) groups is 1. The van der Waals surface area contributed by atoms with Crippen molar-refractivity contribution in [2.45, 2.75) is 33.1 Å². The van der Waals surface area contributed by atoms with Crippen molar-refractivity contribution in [1.82, 2.24) is 29.7 Å². The lowest BCUT2D eigenvalue weighted by Gasteiger charge is -2.36. The van der Waals surface area contributed by atoms with Gasteiger partial charge in [-0.1, -0.05) is 46.5 Å². The van der Waals surface area contributed by atoms with Crippen molar-refractivity contribution in [3.63, 3.8) is 0 Å². The number of aromatic amines is 1. The summed E-state index contributed by atoms with van der Waals surface area (Å²) in [7, 11) is 1.88. The molecule has 1 N–H and O–H groups in total. The van der Waals surface area contributed by atoms with E-state index in [1.807, 2.05) is 63.1 Å². The Kier molecular flexibility index (Phi) is 8.59. The van der Waals surface area contributed by atoms with Crippen LogP contribution in [0, 0.1) is 20.8 Å². The van der Waals surface area contributed by atoms with Gasteiger partial charge in [-0.25, -0.2) is 15.0 Å². The van der Waals surface area contributed by atoms with Crippen LogP contribution in [0.25, 0.3) is 11.2 Å². The van der Waals surface area contributed by atoms with Crippen LogP contribution < -0.4 is 4.90 Å². The third-order valence-corrected chi connectivity index (χ3v) is 8.31. The molecule has 5 rings (SSSR count). The molecule has 8 nitrogen and oxygen atoms in total. The SMILES string of the molecule is Cc1cc(C)cc(C(=O)N(C)C[C@@H](CCN2CCN(c3nc(C)nc4nc[nH]c34)CC2)c2ccc(Cl)c(Cl)c2)c1. The van der Waals surface area contributed by atoms with Crippen LogP contribution in [0.2, 0.25) is 10.0 Å². The molecule has 1 fully saturated rings. The quantitative estimate of drug-likeness (QED) is 0.290. The second-order valence-electron chi connectivity index (χ2n) is 10.7. The molecule has 0 bridgehead atoms. The number of benzene rings is 2. The largest absolute Gasteiger partial charge is 0.352 e. The van der Waals surface area contributed by atoms with Crippen LogP contribution in [0.3, 0.4) is 0 Å². The predicted octanol–water partition coefficient (Wildman–Crippen LogP) is 5.65. The molecule has 1 aliphatic rings. The van der Waals surface area contributed by atoms with Gasteiger partial charge in [0.1, 0.15) is 11.3 Å². The Morgan fingerprint density at radius 1 is 1.00 bits per heavy atom. The number of rotatable bonds is 8. The summed E-state index contributed by atoms with van der Waals surface area (Å²) in [5, 5.41) is 1.07. The molecule has 0 radical (unpaired) electrons. The number of nitrogens with zero attached hydrogens (tertiary/aromatic N) is 6. The zero-order valence-corrected chi connectivity index (χ0v) is 24.9. The first-order valence-corrected chi connectivity index (χ1v) is 14.4. The van der Waals surface area contributed by atoms with Crippen molar-refractivity contribution in [2.75, 3.05) is 51.2 Å². The number of fused-ring (bicyclic) bond motifs is 1. The van der Waals surface area contributed by atoms with Crippen LogP contribution in [0.15, 0.2) is 42.7 Å². The molecular formula is C30H35Cl2N7O. The van der Waals surface area contributed by atoms with Gasteiger partial charge in [0.25, 0.3) is 5.91 Å². The lowest BCUT2D eigenvalue weighted by molar-refractivity contribution is 0.0782. The van der Waals surface area contributed by atoms with Crippen LogP contribution in [0.1, 0.15) is 45.2 Å². The summed E-state index contributed by atoms with van der Waals surface area (Å²) in [6.07, 6.45) is 2.56. The number of amides is 1. The Bertz CT molecular complexity index is 1490. The maximum atomic E-state index is 13.4. The van der Waals surface area contributed by atoms with E-state index in [1.54, 1.807) is 6.33 Å². The van der Waals surface area contributed by atoms with Gasteiger partial charge >= 0.3 is 0 Å². The van der Waals surface area contributed by atoms with E-state index in [4.69, 9.17) is 28.2 Å². The van der Waals surface area contributed by atoms with Gasteiger partial charge < -0.3 is 14.8 Å². The average Bonchev–Trinajstić information content (AvgIpc) is 3.40. The minimum absolute atomic E-state index is 0.0238. The first kappa shape index (κ1) is 28.3. The fourth-order valence-electron chi connectivity index (χ4n) is 5.54. The molecule has 0 spiro atoms. The zero-order valence-electron chi connectivity index (χ0n) is 23.4. The van der Waals surface area contributed by atoms with Gasteiger partial charge in [-0.05, 0) is 63.6 Å². The summed E-state index contributed by atoms with van der Waals surface area (Å²) in [6.45, 7) is 11.0. The molecule has 2 aromatic carbocycles. The number of hydrogen-bond donors (Lipinski definition) is 1. The molecule has 1 atom stereocenters. The molecule has 1 saturated heterocycles. The number of piperazine rings is 1. The molecular weight excluding hydrogens is 545 g/mol. The van der Waals surface area contributed by atoms with Gasteiger partial charge in [-0.15, -0.1) is 0 Å². The topological polar surface area (TPSA) is 81.2 Å². The van der Waals surface area contributed by atoms with Crippen molar-refractivity contribution >= 4 is 46.1 Å². The highest BCUT2D eigenvalue weighted by atomic mass is 35.5. The lowest BCUT2D eigenvalue weighted by atomic mass is 9.94. The summed E-state index contributed by atoms with van der Waals surface area (Å²) >= 11 is 12.6. The molecule has 1 amide bonds. The van der Waals surface area contributed by atoms with E-state index in [2.05, 4.69) is 30.8 Å². The van der Waals surface area contributed by atoms with Crippen LogP contribution in [-0.2, 0) is 0 Å². The molecule has 4 aromatic rings. The van der Waals surface area contributed by atoms with E-state index in [-0.39, 0.29) is 11.8 Å². The minimum Gasteiger partial charge on any atom is -0.352 e. The van der Waals surface area contributed by atoms with Crippen molar-refractivity contribution < 1.29 is 4.79 Å². The third-order valence-electron chi connectivity index (χ3n) is 7.57. The van der Waals surface area contributed by atoms with E-state index < -0.39 is 0 Å². The fraction of sp³-hybridized carbons (Fsp3) is 0.400. The monoisotopic (exact) mass is 579 g/mol. The number of H-pyrrole nitrogens is 1. The van der Waals surface area contributed by atoms with Gasteiger partial charge in [-0.2, -0.15) is 0 Å². The number of anilines is 1. The van der Waals surface area contributed by atoms with E-state index in [0.29, 0.717) is 22.2 Å². The van der Waals surface area contributed by atoms with Crippen LogP contribution >= 0.6 is 23.2 Å². The number of carbonyl (C=O) groups excluding carboxylic acids is 1. The summed E-state index contributed by atoms with van der Waals surface area (Å²) < 4.78 is 0. The van der Waals surface area contributed by atoms with Gasteiger partial charge in [0.15, 0.2) is 11.5 Å². The molecule has 2 aromatic heterocycles. The number of imidazole rings is 1. The highest BCUT2D eigenvalue weighted by Crippen LogP contribution is 2.30. The van der Waals surface area contributed by atoms with Gasteiger partial charge in [0.05, 0.1) is 16.4 Å². The summed E-state index contributed by atoms with van der Waals surface area (Å²) in [6, 6.07) is 11.8. The van der Waals surface area contributed by atoms with Gasteiger partial charge in [-0.3, -0.25) is 9.69 Å². The van der Waals surface area contributed by atoms with Crippen molar-refractivity contribution in [2.24, 2.45) is 0 Å². The Hall–Kier alpha value is -3.20. The average molecular weight is 581 g/mol. The van der Waals surface area contributed by atoms with Gasteiger partial charge in [0.2, 0.25) is 0 Å². The molecule has 40 heavy (non-hydrogen) atoms. The van der Waals surface area contributed by atoms with E-state index in [0.717, 1.165) is 78.6 Å². The number of aromatic nitrogens is 4. The number of aryl methyl sites for hydroxylation is 3. The second-order valence-corrected chi connectivity index (χ2v) is 11.6. The standard InChI is InChI=1S/C30H35Cl2N7O/c1-19-13-20(2)15-24(14-19)30(40)37(4)17-23(22-5-6-25(31)26(32)16-22)7-8-38-9-11-39(12-10-38)29-27-28(34-18-33-27)35-21(3)36-29/h5-6,13-16,18,23H,7-12,17H2,1-4H3,(H,33,34,35,36)/t23-/m1/s1. The van der Waals surface area contributed by atoms with Gasteiger partial charge in [0, 0.05) is 51.3 Å². The maximum absolute atomic E-state index is 13.4. The fourth-order valence-corrected chi connectivity index (χ4v) is 5.84. The minimum atomic E-state index is 0.0238. The van der Waals surface area contributed by atoms with E-state index >= 15 is 0 Å². The smallest absolute Gasteiger partial charge is 0.253 e. The summed E-state index contributed by atoms with van der Waals surface area (Å²) in [5.41, 5.74) is 5.57. The summed E-state index contributed by atoms with van der Waals surface area (Å²) in [4.78, 5) is 36.6. The molecule has 0 saturated carbocycles. The Morgan fingerprint density at radius 3 is 2.42 bits per heavy atom. The van der Waals surface area contributed by atoms with Crippen molar-refractivity contribution in [1.29, 1.82) is 0 Å². The molecule has 0 aliphatic carbocycles. The van der Waals surface area contributed by atoms with Crippen molar-refractivity contribution in [3.8, 4) is 0 Å². The normalized spacial score (nSPS) is 15.0. The summed E-state index contributed by atoms with van der Waals surface area (Å²) in [5.74, 6) is 1.78.